The van der Waals surface area contributed by atoms with Crippen LogP contribution >= 0.6 is 34.8 Å². The van der Waals surface area contributed by atoms with Gasteiger partial charge in [0.05, 0.1) is 18.3 Å². The number of likely N-dealkylation sites (tertiary alicyclic amines) is 1. The third-order valence-electron chi connectivity index (χ3n) is 9.16. The number of benzene rings is 2. The summed E-state index contributed by atoms with van der Waals surface area (Å²) in [6.07, 6.45) is 0.0504. The van der Waals surface area contributed by atoms with Gasteiger partial charge in [-0.25, -0.2) is 26.9 Å². The molecule has 1 saturated carbocycles. The molecular formula is C29H18Cl3F5N2O7. The monoisotopic (exact) mass is 706 g/mol. The van der Waals surface area contributed by atoms with Crippen LogP contribution in [0.4, 0.5) is 27.6 Å². The summed E-state index contributed by atoms with van der Waals surface area (Å²) in [5.41, 5.74) is -1.83. The van der Waals surface area contributed by atoms with E-state index >= 15 is 8.78 Å². The highest BCUT2D eigenvalue weighted by Gasteiger charge is 2.77. The summed E-state index contributed by atoms with van der Waals surface area (Å²) in [7, 11) is 0. The zero-order valence-corrected chi connectivity index (χ0v) is 25.1. The van der Waals surface area contributed by atoms with E-state index in [1.54, 1.807) is 0 Å². The van der Waals surface area contributed by atoms with Crippen molar-refractivity contribution in [3.63, 3.8) is 0 Å². The highest BCUT2D eigenvalue weighted by molar-refractivity contribution is 6.58. The molecule has 242 valence electrons. The molecule has 4 aliphatic rings. The van der Waals surface area contributed by atoms with Crippen molar-refractivity contribution < 1.29 is 56.1 Å². The van der Waals surface area contributed by atoms with Gasteiger partial charge >= 0.3 is 5.97 Å². The number of rotatable bonds is 5. The lowest BCUT2D eigenvalue weighted by Gasteiger charge is -2.50. The standard InChI is InChI=1S/C29H18Cl3F5N2O7/c30-14-7-9(40)1-2-11(14)17-10-3-4-12-16(25(44)38(24(12)43)6-5-15(41)42)13(10)8-28(31)26(45)39(27(46)29(17,28)32)23-21(36)19(34)18(33)20(35)22(23)37/h1-3,7,12-13,16-17,40H,4-6,8H2,(H,41,42). The van der Waals surface area contributed by atoms with Crippen molar-refractivity contribution in [2.45, 2.75) is 34.9 Å². The largest absolute Gasteiger partial charge is 0.508 e. The van der Waals surface area contributed by atoms with E-state index in [2.05, 4.69) is 0 Å². The predicted molar refractivity (Wildman–Crippen MR) is 149 cm³/mol. The highest BCUT2D eigenvalue weighted by Crippen LogP contribution is 2.66. The van der Waals surface area contributed by atoms with E-state index in [1.807, 2.05) is 0 Å². The second-order valence-electron chi connectivity index (χ2n) is 11.4. The lowest BCUT2D eigenvalue weighted by atomic mass is 9.56. The number of phenolic OH excluding ortho intramolecular Hbond substituents is 1. The molecule has 0 bridgehead atoms. The number of phenols is 1. The summed E-state index contributed by atoms with van der Waals surface area (Å²) in [5.74, 6) is -24.1. The second kappa shape index (κ2) is 10.6. The maximum Gasteiger partial charge on any atom is 0.305 e. The molecule has 0 spiro atoms. The number of hydrogen-bond donors (Lipinski definition) is 2. The molecule has 6 unspecified atom stereocenters. The Morgan fingerprint density at radius 1 is 0.913 bits per heavy atom. The first-order chi connectivity index (χ1) is 21.5. The van der Waals surface area contributed by atoms with Gasteiger partial charge in [-0.2, -0.15) is 0 Å². The highest BCUT2D eigenvalue weighted by atomic mass is 35.5. The average Bonchev–Trinajstić information content (AvgIpc) is 3.32. The molecule has 2 N–H and O–H groups in total. The van der Waals surface area contributed by atoms with Crippen LogP contribution in [0.3, 0.4) is 0 Å². The van der Waals surface area contributed by atoms with Gasteiger partial charge in [0.15, 0.2) is 33.0 Å². The van der Waals surface area contributed by atoms with Gasteiger partial charge in [-0.05, 0) is 36.5 Å². The van der Waals surface area contributed by atoms with Crippen LogP contribution in [0.5, 0.6) is 5.75 Å². The number of hydrogen-bond acceptors (Lipinski definition) is 6. The molecule has 46 heavy (non-hydrogen) atoms. The zero-order chi connectivity index (χ0) is 33.8. The number of alkyl halides is 2. The minimum atomic E-state index is -2.77. The van der Waals surface area contributed by atoms with Crippen LogP contribution in [0.2, 0.25) is 5.02 Å². The topological polar surface area (TPSA) is 132 Å². The van der Waals surface area contributed by atoms with Crippen LogP contribution in [0, 0.1) is 46.8 Å². The van der Waals surface area contributed by atoms with Gasteiger partial charge < -0.3 is 10.2 Å². The number of allylic oxidation sites excluding steroid dienone is 2. The predicted octanol–water partition coefficient (Wildman–Crippen LogP) is 4.78. The molecule has 2 aliphatic carbocycles. The molecule has 2 heterocycles. The van der Waals surface area contributed by atoms with Crippen molar-refractivity contribution >= 4 is 70.1 Å². The number of halogens is 8. The Morgan fingerprint density at radius 2 is 1.52 bits per heavy atom. The summed E-state index contributed by atoms with van der Waals surface area (Å²) >= 11 is 20.4. The fourth-order valence-electron chi connectivity index (χ4n) is 7.16. The van der Waals surface area contributed by atoms with Crippen molar-refractivity contribution in [3.05, 3.63) is 69.5 Å². The quantitative estimate of drug-likeness (QED) is 0.114. The number of anilines is 1. The molecule has 0 radical (unpaired) electrons. The van der Waals surface area contributed by atoms with Crippen LogP contribution < -0.4 is 4.90 Å². The molecule has 2 aliphatic heterocycles. The SMILES string of the molecule is O=C(O)CCN1C(=O)C2CC=C3C(CC4(Cl)C(=O)N(c5c(F)c(F)c(F)c(F)c5F)C(=O)C4(Cl)C3c3ccc(O)cc3Cl)C2C1=O. The fraction of sp³-hybridized carbons (Fsp3) is 0.345. The summed E-state index contributed by atoms with van der Waals surface area (Å²) in [6.45, 7) is -0.466. The first-order valence-corrected chi connectivity index (χ1v) is 14.7. The smallest absolute Gasteiger partial charge is 0.305 e. The van der Waals surface area contributed by atoms with E-state index in [9.17, 15) is 42.3 Å². The number of amides is 4. The van der Waals surface area contributed by atoms with E-state index < -0.39 is 117 Å². The van der Waals surface area contributed by atoms with Gasteiger partial charge in [0.1, 0.15) is 11.4 Å². The normalized spacial score (nSPS) is 30.4. The summed E-state index contributed by atoms with van der Waals surface area (Å²) < 4.78 is 72.6. The number of nitrogens with zero attached hydrogens (tertiary/aromatic N) is 2. The number of carbonyl (C=O) groups excluding carboxylic acids is 4. The molecular weight excluding hydrogens is 690 g/mol. The Kier molecular flexibility index (Phi) is 7.45. The van der Waals surface area contributed by atoms with Crippen molar-refractivity contribution in [3.8, 4) is 5.75 Å². The van der Waals surface area contributed by atoms with E-state index in [1.165, 1.54) is 12.1 Å². The summed E-state index contributed by atoms with van der Waals surface area (Å²) in [6, 6.07) is 3.39. The van der Waals surface area contributed by atoms with Crippen LogP contribution in [0.1, 0.15) is 30.7 Å². The number of imide groups is 2. The molecule has 6 atom stereocenters. The Labute approximate surface area is 270 Å². The van der Waals surface area contributed by atoms with Crippen LogP contribution in [0.25, 0.3) is 0 Å². The summed E-state index contributed by atoms with van der Waals surface area (Å²) in [4.78, 5) is 61.2. The molecule has 6 rings (SSSR count). The number of aliphatic carboxylic acids is 1. The Balaban J connectivity index is 1.57. The van der Waals surface area contributed by atoms with Crippen LogP contribution in [-0.2, 0) is 24.0 Å². The van der Waals surface area contributed by atoms with E-state index in [0.717, 1.165) is 17.0 Å². The van der Waals surface area contributed by atoms with Crippen molar-refractivity contribution in [1.82, 2.24) is 4.90 Å². The molecule has 4 amide bonds. The van der Waals surface area contributed by atoms with E-state index in [0.29, 0.717) is 0 Å². The van der Waals surface area contributed by atoms with Crippen molar-refractivity contribution in [1.29, 1.82) is 0 Å². The maximum absolute atomic E-state index is 15.1. The lowest BCUT2D eigenvalue weighted by Crippen LogP contribution is -2.60. The van der Waals surface area contributed by atoms with Crippen molar-refractivity contribution in [2.24, 2.45) is 17.8 Å². The second-order valence-corrected chi connectivity index (χ2v) is 13.0. The van der Waals surface area contributed by atoms with Gasteiger partial charge in [-0.3, -0.25) is 28.9 Å². The molecule has 2 saturated heterocycles. The Hall–Kier alpha value is -3.75. The van der Waals surface area contributed by atoms with Crippen molar-refractivity contribution in [2.75, 3.05) is 11.4 Å². The molecule has 2 aromatic rings. The van der Waals surface area contributed by atoms with Crippen LogP contribution in [-0.4, -0.2) is 61.0 Å². The molecule has 9 nitrogen and oxygen atoms in total. The fourth-order valence-corrected chi connectivity index (χ4v) is 8.37. The minimum absolute atomic E-state index is 0.0613. The molecule has 3 fully saturated rings. The Bertz CT molecular complexity index is 1810. The average molecular weight is 708 g/mol. The van der Waals surface area contributed by atoms with E-state index in [-0.39, 0.29) is 33.2 Å². The van der Waals surface area contributed by atoms with Crippen LogP contribution in [0.15, 0.2) is 29.8 Å². The number of aromatic hydroxyl groups is 1. The molecule has 2 aromatic carbocycles. The third-order valence-corrected chi connectivity index (χ3v) is 10.9. The number of fused-ring (bicyclic) bond motifs is 4. The number of carboxylic acids is 1. The van der Waals surface area contributed by atoms with Gasteiger partial charge in [0, 0.05) is 17.5 Å². The Morgan fingerprint density at radius 3 is 2.11 bits per heavy atom. The zero-order valence-electron chi connectivity index (χ0n) is 22.8. The molecule has 0 aromatic heterocycles. The van der Waals surface area contributed by atoms with Gasteiger partial charge in [-0.1, -0.05) is 29.3 Å². The van der Waals surface area contributed by atoms with Gasteiger partial charge in [0.25, 0.3) is 11.8 Å². The lowest BCUT2D eigenvalue weighted by molar-refractivity contribution is -0.142. The van der Waals surface area contributed by atoms with Gasteiger partial charge in [0.2, 0.25) is 17.6 Å². The third kappa shape index (κ3) is 4.08. The van der Waals surface area contributed by atoms with Gasteiger partial charge in [-0.15, -0.1) is 23.2 Å². The van der Waals surface area contributed by atoms with E-state index in [4.69, 9.17) is 39.9 Å². The summed E-state index contributed by atoms with van der Waals surface area (Å²) in [5, 5.41) is 18.9. The first kappa shape index (κ1) is 32.2. The maximum atomic E-state index is 15.1. The number of carboxylic acid groups (broad SMARTS) is 1. The first-order valence-electron chi connectivity index (χ1n) is 13.5. The minimum Gasteiger partial charge on any atom is -0.508 e. The molecule has 17 heteroatoms. The number of carbonyl (C=O) groups is 5.